The molecule has 3 N–H and O–H groups in total. The number of nitrogens with one attached hydrogen (secondary N) is 3. The van der Waals surface area contributed by atoms with E-state index in [0.29, 0.717) is 49.1 Å². The van der Waals surface area contributed by atoms with Crippen molar-refractivity contribution < 1.29 is 49.1 Å². The number of benzene rings is 1. The molecule has 0 saturated carbocycles. The predicted molar refractivity (Wildman–Crippen MR) is 162 cm³/mol. The number of hydrogen-bond acceptors (Lipinski definition) is 10. The van der Waals surface area contributed by atoms with Gasteiger partial charge in [0.15, 0.2) is 5.82 Å². The van der Waals surface area contributed by atoms with E-state index in [4.69, 9.17) is 11.6 Å². The molecule has 0 radical (unpaired) electrons. The molecule has 0 aliphatic carbocycles. The van der Waals surface area contributed by atoms with Crippen molar-refractivity contribution in [2.45, 2.75) is 38.0 Å². The van der Waals surface area contributed by atoms with Crippen LogP contribution < -0.4 is 16.0 Å². The fraction of sp³-hybridized carbons (Fsp3) is 0.357. The van der Waals surface area contributed by atoms with Crippen molar-refractivity contribution >= 4 is 67.9 Å². The average Bonchev–Trinajstić information content (AvgIpc) is 3.46. The van der Waals surface area contributed by atoms with Crippen molar-refractivity contribution in [1.82, 2.24) is 19.3 Å². The second-order valence-corrected chi connectivity index (χ2v) is 13.2. The average molecular weight is 722 g/mol. The first-order valence-corrected chi connectivity index (χ1v) is 16.1. The Morgan fingerprint density at radius 3 is 2.29 bits per heavy atom. The Kier molecular flexibility index (Phi) is 10.9. The van der Waals surface area contributed by atoms with E-state index in [1.807, 2.05) is 30.5 Å². The monoisotopic (exact) mass is 721 g/mol. The summed E-state index contributed by atoms with van der Waals surface area (Å²) in [4.78, 5) is 45.2. The van der Waals surface area contributed by atoms with Crippen LogP contribution in [-0.2, 0) is 37.2 Å². The fourth-order valence-electron chi connectivity index (χ4n) is 4.74. The van der Waals surface area contributed by atoms with Crippen LogP contribution in [0.15, 0.2) is 42.9 Å². The molecule has 1 amide bonds. The van der Waals surface area contributed by atoms with Gasteiger partial charge < -0.3 is 16.0 Å². The third kappa shape index (κ3) is 9.83. The summed E-state index contributed by atoms with van der Waals surface area (Å²) in [6.45, 7) is 0.832. The minimum atomic E-state index is -5.77. The van der Waals surface area contributed by atoms with Gasteiger partial charge in [-0.15, -0.1) is 0 Å². The van der Waals surface area contributed by atoms with Gasteiger partial charge in [-0.25, -0.2) is 17.7 Å². The maximum atomic E-state index is 12.9. The molecule has 48 heavy (non-hydrogen) atoms. The number of anilines is 5. The second kappa shape index (κ2) is 14.4. The van der Waals surface area contributed by atoms with Crippen molar-refractivity contribution in [3.05, 3.63) is 59.0 Å². The predicted octanol–water partition coefficient (Wildman–Crippen LogP) is 4.97. The molecule has 12 nitrogen and oxygen atoms in total. The molecule has 2 aliphatic rings. The number of rotatable bonds is 5. The number of nitrogens with zero attached hydrogens (tertiary/aromatic N) is 4. The number of carbonyl (C=O) groups excluding carboxylic acids is 3. The zero-order chi connectivity index (χ0) is 35.4. The smallest absolute Gasteiger partial charge is 0.339 e. The van der Waals surface area contributed by atoms with E-state index in [2.05, 4.69) is 30.9 Å². The summed E-state index contributed by atoms with van der Waals surface area (Å²) >= 11 is 6.33. The summed E-state index contributed by atoms with van der Waals surface area (Å²) in [7, 11) is -3.24. The van der Waals surface area contributed by atoms with Gasteiger partial charge in [0.1, 0.15) is 5.02 Å². The van der Waals surface area contributed by atoms with Crippen LogP contribution in [0, 0.1) is 5.92 Å². The molecule has 1 unspecified atom stereocenters. The van der Waals surface area contributed by atoms with Gasteiger partial charge in [0.25, 0.3) is 0 Å². The highest BCUT2D eigenvalue weighted by Gasteiger charge is 2.54. The van der Waals surface area contributed by atoms with Crippen molar-refractivity contribution in [3.8, 4) is 0 Å². The highest BCUT2D eigenvalue weighted by molar-refractivity contribution is 7.88. The number of aryl methyl sites for hydroxylation is 2. The molecule has 1 aromatic carbocycles. The van der Waals surface area contributed by atoms with E-state index in [1.54, 1.807) is 6.20 Å². The topological polar surface area (TPSA) is 163 Å². The number of Topliss-reactive ketones (excluding diaryl/α,β-unsaturated/α-hetero) is 2. The van der Waals surface area contributed by atoms with E-state index in [1.165, 1.54) is 16.8 Å². The van der Waals surface area contributed by atoms with Crippen LogP contribution in [0.2, 0.25) is 5.02 Å². The maximum Gasteiger partial charge on any atom is 0.458 e. The normalized spacial score (nSPS) is 16.5. The van der Waals surface area contributed by atoms with Crippen LogP contribution in [0.4, 0.5) is 55.2 Å². The number of aromatic nitrogens is 3. The number of pyridine rings is 1. The fourth-order valence-corrected chi connectivity index (χ4v) is 5.80. The number of halogens is 7. The molecule has 5 rings (SSSR count). The van der Waals surface area contributed by atoms with Gasteiger partial charge in [-0.3, -0.25) is 19.4 Å². The molecule has 2 aromatic heterocycles. The number of fused-ring (bicyclic) bond motifs is 6. The lowest BCUT2D eigenvalue weighted by Gasteiger charge is -2.16. The molecule has 2 aliphatic heterocycles. The number of sulfonamides is 1. The summed E-state index contributed by atoms with van der Waals surface area (Å²) in [5, 5.41) is 9.81. The molecule has 20 heteroatoms. The van der Waals surface area contributed by atoms with E-state index >= 15 is 0 Å². The lowest BCUT2D eigenvalue weighted by atomic mass is 10.0. The number of ketones is 2. The van der Waals surface area contributed by atoms with Crippen molar-refractivity contribution in [2.24, 2.45) is 5.92 Å². The van der Waals surface area contributed by atoms with Crippen LogP contribution in [0.5, 0.6) is 0 Å². The largest absolute Gasteiger partial charge is 0.458 e. The first-order chi connectivity index (χ1) is 22.3. The first-order valence-electron chi connectivity index (χ1n) is 13.9. The van der Waals surface area contributed by atoms with Gasteiger partial charge >= 0.3 is 23.9 Å². The van der Waals surface area contributed by atoms with Crippen LogP contribution in [0.3, 0.4) is 0 Å². The Labute approximate surface area is 274 Å². The van der Waals surface area contributed by atoms with E-state index in [9.17, 15) is 49.1 Å². The molecule has 1 atom stereocenters. The summed E-state index contributed by atoms with van der Waals surface area (Å²) < 4.78 is 92.0. The van der Waals surface area contributed by atoms with Crippen LogP contribution in [0.25, 0.3) is 0 Å². The standard InChI is InChI=1S/C24H26ClN7O3S.C4F6O2/c1-36(34,35)32-7-6-16(14-32)9-22(33)30-21-5-4-18-10-17(21)3-2-15-8-19(12-26-11-15)29-24-27-13-20(25)23(28-18)31-24;5-3(6,7)1(11)2(12)4(8,9)10/h4-5,8,10-13,16H,2-3,6-7,9,14H2,1H3,(H,30,33)(H2,27,28,29,31);. The Bertz CT molecular complexity index is 1800. The molecule has 0 spiro atoms. The van der Waals surface area contributed by atoms with E-state index < -0.39 is 33.9 Å². The Morgan fingerprint density at radius 2 is 1.67 bits per heavy atom. The third-order valence-electron chi connectivity index (χ3n) is 7.03. The molecule has 3 aromatic rings. The first kappa shape index (κ1) is 36.5. The van der Waals surface area contributed by atoms with Crippen LogP contribution in [-0.4, -0.2) is 76.8 Å². The van der Waals surface area contributed by atoms with E-state index in [-0.39, 0.29) is 18.2 Å². The van der Waals surface area contributed by atoms with Gasteiger partial charge in [0, 0.05) is 37.1 Å². The minimum absolute atomic E-state index is 0.00106. The van der Waals surface area contributed by atoms with E-state index in [0.717, 1.165) is 28.2 Å². The molecule has 4 heterocycles. The summed E-state index contributed by atoms with van der Waals surface area (Å²) in [6, 6.07) is 7.67. The van der Waals surface area contributed by atoms with Crippen molar-refractivity contribution in [2.75, 3.05) is 35.3 Å². The lowest BCUT2D eigenvalue weighted by molar-refractivity contribution is -0.193. The van der Waals surface area contributed by atoms with Crippen molar-refractivity contribution in [3.63, 3.8) is 0 Å². The minimum Gasteiger partial charge on any atom is -0.339 e. The van der Waals surface area contributed by atoms with Gasteiger partial charge in [0.2, 0.25) is 21.9 Å². The van der Waals surface area contributed by atoms with Crippen molar-refractivity contribution in [1.29, 1.82) is 0 Å². The zero-order valence-corrected chi connectivity index (χ0v) is 26.3. The lowest BCUT2D eigenvalue weighted by Crippen LogP contribution is -2.39. The molecular formula is C28H26ClF6N7O5S. The van der Waals surface area contributed by atoms with Crippen LogP contribution >= 0.6 is 11.6 Å². The quantitative estimate of drug-likeness (QED) is 0.242. The summed E-state index contributed by atoms with van der Waals surface area (Å²) in [5.74, 6) is -6.10. The Balaban J connectivity index is 0.000000371. The molecule has 6 bridgehead atoms. The maximum absolute atomic E-state index is 12.9. The molecule has 258 valence electrons. The molecule has 1 saturated heterocycles. The molecule has 1 fully saturated rings. The SMILES string of the molecule is CS(=O)(=O)N1CCC(CC(=O)Nc2ccc3cc2CCc2cncc(c2)Nc2ncc(Cl)c(n2)N3)C1.O=C(C(=O)C(F)(F)F)C(F)(F)F. The van der Waals surface area contributed by atoms with Gasteiger partial charge in [-0.05, 0) is 60.6 Å². The zero-order valence-electron chi connectivity index (χ0n) is 24.7. The van der Waals surface area contributed by atoms with Gasteiger partial charge in [-0.1, -0.05) is 11.6 Å². The number of hydrogen-bond donors (Lipinski definition) is 3. The highest BCUT2D eigenvalue weighted by Crippen LogP contribution is 2.30. The molecular weight excluding hydrogens is 696 g/mol. The van der Waals surface area contributed by atoms with Crippen LogP contribution in [0.1, 0.15) is 24.0 Å². The number of carbonyl (C=O) groups is 3. The summed E-state index contributed by atoms with van der Waals surface area (Å²) in [6.07, 6.45) is -2.98. The Morgan fingerprint density at radius 1 is 0.979 bits per heavy atom. The highest BCUT2D eigenvalue weighted by atomic mass is 35.5. The van der Waals surface area contributed by atoms with Gasteiger partial charge in [0.05, 0.1) is 24.3 Å². The number of amides is 1. The van der Waals surface area contributed by atoms with Gasteiger partial charge in [-0.2, -0.15) is 31.3 Å². The number of alkyl halides is 6. The Hall–Kier alpha value is -4.36. The third-order valence-corrected chi connectivity index (χ3v) is 8.58. The second-order valence-electron chi connectivity index (χ2n) is 10.8. The summed E-state index contributed by atoms with van der Waals surface area (Å²) in [5.41, 5.74) is 4.23.